The summed E-state index contributed by atoms with van der Waals surface area (Å²) < 4.78 is 0. The van der Waals surface area contributed by atoms with Gasteiger partial charge >= 0.3 is 0 Å². The van der Waals surface area contributed by atoms with Crippen molar-refractivity contribution in [3.63, 3.8) is 0 Å². The number of hydrogen-bond acceptors (Lipinski definition) is 7. The molecule has 116 valence electrons. The van der Waals surface area contributed by atoms with Crippen molar-refractivity contribution in [3.05, 3.63) is 29.8 Å². The van der Waals surface area contributed by atoms with E-state index in [4.69, 9.17) is 11.6 Å². The molecule has 2 aromatic rings. The van der Waals surface area contributed by atoms with Crippen LogP contribution in [-0.4, -0.2) is 46.1 Å². The number of hydrogen-bond donors (Lipinski definition) is 2. The van der Waals surface area contributed by atoms with Gasteiger partial charge in [-0.25, -0.2) is 19.9 Å². The van der Waals surface area contributed by atoms with E-state index in [9.17, 15) is 0 Å². The molecule has 0 spiro atoms. The molecule has 2 aromatic heterocycles. The second-order valence-electron chi connectivity index (χ2n) is 5.11. The Morgan fingerprint density at radius 3 is 2.86 bits per heavy atom. The highest BCUT2D eigenvalue weighted by atomic mass is 35.5. The Balaban J connectivity index is 1.66. The lowest BCUT2D eigenvalue weighted by molar-refractivity contribution is 0.687. The minimum absolute atomic E-state index is 0.360. The lowest BCUT2D eigenvalue weighted by atomic mass is 10.2. The molecular formula is C14H18ClN7. The van der Waals surface area contributed by atoms with Crippen molar-refractivity contribution in [3.8, 4) is 0 Å². The standard InChI is InChI=1S/C14H18ClN7/c1-16-12-5-13(21-9-20-12)22-4-2-3-11(22)8-19-14-17-6-10(15)7-18-14/h5-7,9,11H,2-4,8H2,1H3,(H,16,20,21)(H,17,18,19). The van der Waals surface area contributed by atoms with Gasteiger partial charge in [0, 0.05) is 32.2 Å². The number of nitrogens with one attached hydrogen (secondary N) is 2. The molecule has 8 heteroatoms. The van der Waals surface area contributed by atoms with Crippen molar-refractivity contribution >= 4 is 29.2 Å². The van der Waals surface area contributed by atoms with Crippen LogP contribution in [0.5, 0.6) is 0 Å². The van der Waals surface area contributed by atoms with Crippen molar-refractivity contribution in [2.75, 3.05) is 35.7 Å². The van der Waals surface area contributed by atoms with Gasteiger partial charge < -0.3 is 15.5 Å². The van der Waals surface area contributed by atoms with Gasteiger partial charge in [0.1, 0.15) is 18.0 Å². The van der Waals surface area contributed by atoms with E-state index in [1.165, 1.54) is 0 Å². The van der Waals surface area contributed by atoms with Crippen LogP contribution in [0.1, 0.15) is 12.8 Å². The second kappa shape index (κ2) is 6.74. The molecule has 1 aliphatic rings. The van der Waals surface area contributed by atoms with Crippen molar-refractivity contribution < 1.29 is 0 Å². The molecule has 0 radical (unpaired) electrons. The normalized spacial score (nSPS) is 17.5. The topological polar surface area (TPSA) is 78.9 Å². The average Bonchev–Trinajstić information content (AvgIpc) is 3.03. The molecule has 0 saturated carbocycles. The smallest absolute Gasteiger partial charge is 0.222 e. The van der Waals surface area contributed by atoms with Gasteiger partial charge in [-0.2, -0.15) is 0 Å². The maximum Gasteiger partial charge on any atom is 0.222 e. The summed E-state index contributed by atoms with van der Waals surface area (Å²) >= 11 is 5.79. The van der Waals surface area contributed by atoms with Crippen LogP contribution < -0.4 is 15.5 Å². The first-order valence-corrected chi connectivity index (χ1v) is 7.62. The Morgan fingerprint density at radius 1 is 1.27 bits per heavy atom. The first-order valence-electron chi connectivity index (χ1n) is 7.24. The first-order chi connectivity index (χ1) is 10.8. The summed E-state index contributed by atoms with van der Waals surface area (Å²) in [6, 6.07) is 2.33. The van der Waals surface area contributed by atoms with Gasteiger partial charge in [-0.05, 0) is 12.8 Å². The van der Waals surface area contributed by atoms with E-state index >= 15 is 0 Å². The molecule has 2 N–H and O–H groups in total. The van der Waals surface area contributed by atoms with E-state index in [2.05, 4.69) is 35.5 Å². The van der Waals surface area contributed by atoms with E-state index in [-0.39, 0.29) is 0 Å². The number of halogens is 1. The number of anilines is 3. The molecule has 1 unspecified atom stereocenters. The van der Waals surface area contributed by atoms with Crippen LogP contribution in [0.25, 0.3) is 0 Å². The van der Waals surface area contributed by atoms with Gasteiger partial charge in [0.05, 0.1) is 17.4 Å². The van der Waals surface area contributed by atoms with Gasteiger partial charge in [-0.15, -0.1) is 0 Å². The number of aromatic nitrogens is 4. The van der Waals surface area contributed by atoms with Gasteiger partial charge in [0.25, 0.3) is 0 Å². The van der Waals surface area contributed by atoms with Crippen LogP contribution in [0.3, 0.4) is 0 Å². The molecule has 0 aromatic carbocycles. The molecule has 3 rings (SSSR count). The summed E-state index contributed by atoms with van der Waals surface area (Å²) in [6.45, 7) is 1.76. The molecule has 1 aliphatic heterocycles. The second-order valence-corrected chi connectivity index (χ2v) is 5.54. The largest absolute Gasteiger partial charge is 0.373 e. The van der Waals surface area contributed by atoms with Crippen LogP contribution in [0.4, 0.5) is 17.6 Å². The Bertz CT molecular complexity index is 619. The molecule has 1 atom stereocenters. The third-order valence-corrected chi connectivity index (χ3v) is 3.89. The summed E-state index contributed by atoms with van der Waals surface area (Å²) in [4.78, 5) is 19.2. The van der Waals surface area contributed by atoms with Crippen LogP contribution >= 0.6 is 11.6 Å². The van der Waals surface area contributed by atoms with Crippen molar-refractivity contribution in [2.45, 2.75) is 18.9 Å². The van der Waals surface area contributed by atoms with Crippen molar-refractivity contribution in [1.29, 1.82) is 0 Å². The predicted molar refractivity (Wildman–Crippen MR) is 87.5 cm³/mol. The maximum atomic E-state index is 5.79. The van der Waals surface area contributed by atoms with Crippen LogP contribution in [0, 0.1) is 0 Å². The summed E-state index contributed by atoms with van der Waals surface area (Å²) in [5.41, 5.74) is 0. The highest BCUT2D eigenvalue weighted by Crippen LogP contribution is 2.24. The molecule has 0 amide bonds. The molecule has 22 heavy (non-hydrogen) atoms. The molecule has 0 bridgehead atoms. The Labute approximate surface area is 134 Å². The number of nitrogens with zero attached hydrogens (tertiary/aromatic N) is 5. The highest BCUT2D eigenvalue weighted by Gasteiger charge is 2.25. The quantitative estimate of drug-likeness (QED) is 0.873. The monoisotopic (exact) mass is 319 g/mol. The van der Waals surface area contributed by atoms with Gasteiger partial charge in [-0.3, -0.25) is 0 Å². The molecule has 0 aliphatic carbocycles. The van der Waals surface area contributed by atoms with Crippen LogP contribution in [0.15, 0.2) is 24.8 Å². The lowest BCUT2D eigenvalue weighted by Gasteiger charge is -2.26. The van der Waals surface area contributed by atoms with Gasteiger partial charge in [0.2, 0.25) is 5.95 Å². The third-order valence-electron chi connectivity index (χ3n) is 3.70. The average molecular weight is 320 g/mol. The van der Waals surface area contributed by atoms with E-state index in [0.717, 1.165) is 37.6 Å². The minimum atomic E-state index is 0.360. The molecule has 1 saturated heterocycles. The highest BCUT2D eigenvalue weighted by molar-refractivity contribution is 6.30. The maximum absolute atomic E-state index is 5.79. The zero-order valence-electron chi connectivity index (χ0n) is 12.3. The Hall–Kier alpha value is -2.15. The summed E-state index contributed by atoms with van der Waals surface area (Å²) in [7, 11) is 1.85. The van der Waals surface area contributed by atoms with Gasteiger partial charge in [-0.1, -0.05) is 11.6 Å². The summed E-state index contributed by atoms with van der Waals surface area (Å²) in [5.74, 6) is 2.36. The zero-order valence-corrected chi connectivity index (χ0v) is 13.1. The summed E-state index contributed by atoms with van der Waals surface area (Å²) in [6.07, 6.45) is 7.03. The van der Waals surface area contributed by atoms with Crippen molar-refractivity contribution in [2.24, 2.45) is 0 Å². The van der Waals surface area contributed by atoms with Crippen LogP contribution in [0.2, 0.25) is 5.02 Å². The summed E-state index contributed by atoms with van der Waals surface area (Å²) in [5, 5.41) is 6.84. The van der Waals surface area contributed by atoms with Crippen molar-refractivity contribution in [1.82, 2.24) is 19.9 Å². The molecular weight excluding hydrogens is 302 g/mol. The SMILES string of the molecule is CNc1cc(N2CCCC2CNc2ncc(Cl)cn2)ncn1. The Kier molecular flexibility index (Phi) is 4.53. The lowest BCUT2D eigenvalue weighted by Crippen LogP contribution is -2.35. The fraction of sp³-hybridized carbons (Fsp3) is 0.429. The third kappa shape index (κ3) is 3.36. The molecule has 7 nitrogen and oxygen atoms in total. The predicted octanol–water partition coefficient (Wildman–Crippen LogP) is 2.04. The van der Waals surface area contributed by atoms with Gasteiger partial charge in [0.15, 0.2) is 0 Å². The fourth-order valence-corrected chi connectivity index (χ4v) is 2.70. The fourth-order valence-electron chi connectivity index (χ4n) is 2.60. The van der Waals surface area contributed by atoms with Crippen LogP contribution in [-0.2, 0) is 0 Å². The van der Waals surface area contributed by atoms with E-state index < -0.39 is 0 Å². The Morgan fingerprint density at radius 2 is 2.09 bits per heavy atom. The first kappa shape index (κ1) is 14.8. The zero-order chi connectivity index (χ0) is 15.4. The molecule has 1 fully saturated rings. The minimum Gasteiger partial charge on any atom is -0.373 e. The molecule has 3 heterocycles. The van der Waals surface area contributed by atoms with E-state index in [1.807, 2.05) is 13.1 Å². The van der Waals surface area contributed by atoms with E-state index in [1.54, 1.807) is 18.7 Å². The number of rotatable bonds is 5. The van der Waals surface area contributed by atoms with E-state index in [0.29, 0.717) is 17.0 Å².